The summed E-state index contributed by atoms with van der Waals surface area (Å²) in [6.07, 6.45) is 4.73. The Morgan fingerprint density at radius 3 is 2.38 bits per heavy atom. The van der Waals surface area contributed by atoms with Gasteiger partial charge < -0.3 is 15.5 Å². The summed E-state index contributed by atoms with van der Waals surface area (Å²) in [6, 6.07) is 8.76. The third-order valence-corrected chi connectivity index (χ3v) is 4.38. The van der Waals surface area contributed by atoms with Crippen molar-refractivity contribution in [1.82, 2.24) is 5.32 Å². The largest absolute Gasteiger partial charge is 0.479 e. The Bertz CT molecular complexity index is 541. The SMILES string of the molecule is CC#CCNCC.O=C(O)C(O)(c1ccccc1)C1CCCCC1. The van der Waals surface area contributed by atoms with Gasteiger partial charge in [-0.15, -0.1) is 5.92 Å². The average molecular weight is 331 g/mol. The van der Waals surface area contributed by atoms with Gasteiger partial charge in [0.05, 0.1) is 6.54 Å². The fourth-order valence-electron chi connectivity index (χ4n) is 3.02. The van der Waals surface area contributed by atoms with E-state index in [-0.39, 0.29) is 5.92 Å². The van der Waals surface area contributed by atoms with E-state index in [0.717, 1.165) is 45.2 Å². The maximum Gasteiger partial charge on any atom is 0.340 e. The van der Waals surface area contributed by atoms with Gasteiger partial charge in [-0.05, 0) is 31.9 Å². The lowest BCUT2D eigenvalue weighted by atomic mass is 9.73. The molecule has 1 saturated carbocycles. The quantitative estimate of drug-likeness (QED) is 0.572. The van der Waals surface area contributed by atoms with Gasteiger partial charge in [-0.2, -0.15) is 0 Å². The number of benzene rings is 1. The van der Waals surface area contributed by atoms with Crippen molar-refractivity contribution in [3.63, 3.8) is 0 Å². The Balaban J connectivity index is 0.000000351. The molecular formula is C20H29NO3. The summed E-state index contributed by atoms with van der Waals surface area (Å²) in [6.45, 7) is 5.75. The maximum absolute atomic E-state index is 11.5. The number of carbonyl (C=O) groups is 1. The maximum atomic E-state index is 11.5. The van der Waals surface area contributed by atoms with Crippen molar-refractivity contribution < 1.29 is 15.0 Å². The first kappa shape index (κ1) is 20.2. The third-order valence-electron chi connectivity index (χ3n) is 4.38. The smallest absolute Gasteiger partial charge is 0.340 e. The zero-order chi connectivity index (χ0) is 17.8. The summed E-state index contributed by atoms with van der Waals surface area (Å²) >= 11 is 0. The van der Waals surface area contributed by atoms with Crippen LogP contribution in [-0.4, -0.2) is 29.3 Å². The minimum Gasteiger partial charge on any atom is -0.479 e. The summed E-state index contributed by atoms with van der Waals surface area (Å²) in [5, 5.41) is 23.0. The van der Waals surface area contributed by atoms with Crippen molar-refractivity contribution in [2.75, 3.05) is 13.1 Å². The second kappa shape index (κ2) is 10.9. The van der Waals surface area contributed by atoms with Gasteiger partial charge in [-0.3, -0.25) is 0 Å². The van der Waals surface area contributed by atoms with Crippen molar-refractivity contribution in [3.8, 4) is 11.8 Å². The molecule has 1 fully saturated rings. The van der Waals surface area contributed by atoms with Crippen molar-refractivity contribution in [3.05, 3.63) is 35.9 Å². The van der Waals surface area contributed by atoms with E-state index in [1.807, 2.05) is 13.0 Å². The predicted octanol–water partition coefficient (Wildman–Crippen LogP) is 3.16. The summed E-state index contributed by atoms with van der Waals surface area (Å²) in [5.74, 6) is 4.38. The number of hydrogen-bond acceptors (Lipinski definition) is 3. The van der Waals surface area contributed by atoms with E-state index in [2.05, 4.69) is 24.1 Å². The van der Waals surface area contributed by atoms with Crippen LogP contribution in [0.1, 0.15) is 51.5 Å². The second-order valence-corrected chi connectivity index (χ2v) is 5.98. The van der Waals surface area contributed by atoms with Crippen LogP contribution in [0, 0.1) is 17.8 Å². The van der Waals surface area contributed by atoms with Crippen molar-refractivity contribution in [2.24, 2.45) is 5.92 Å². The molecule has 1 aliphatic rings. The molecule has 0 saturated heterocycles. The number of carboxylic acids is 1. The van der Waals surface area contributed by atoms with E-state index in [1.54, 1.807) is 24.3 Å². The molecule has 0 spiro atoms. The van der Waals surface area contributed by atoms with Gasteiger partial charge in [0.1, 0.15) is 0 Å². The number of aliphatic hydroxyl groups is 1. The Labute approximate surface area is 145 Å². The molecule has 1 atom stereocenters. The topological polar surface area (TPSA) is 69.6 Å². The van der Waals surface area contributed by atoms with E-state index >= 15 is 0 Å². The predicted molar refractivity (Wildman–Crippen MR) is 96.5 cm³/mol. The van der Waals surface area contributed by atoms with Crippen LogP contribution < -0.4 is 5.32 Å². The Morgan fingerprint density at radius 1 is 1.25 bits per heavy atom. The molecule has 4 nitrogen and oxygen atoms in total. The van der Waals surface area contributed by atoms with Gasteiger partial charge in [0.15, 0.2) is 5.60 Å². The highest BCUT2D eigenvalue weighted by molar-refractivity contribution is 5.79. The molecule has 2 rings (SSSR count). The van der Waals surface area contributed by atoms with Crippen LogP contribution >= 0.6 is 0 Å². The van der Waals surface area contributed by atoms with Crippen LogP contribution in [0.2, 0.25) is 0 Å². The van der Waals surface area contributed by atoms with E-state index in [4.69, 9.17) is 0 Å². The first-order valence-electron chi connectivity index (χ1n) is 8.68. The molecule has 0 heterocycles. The summed E-state index contributed by atoms with van der Waals surface area (Å²) in [5.41, 5.74) is -1.22. The number of carboxylic acid groups (broad SMARTS) is 1. The molecule has 1 aromatic rings. The average Bonchev–Trinajstić information content (AvgIpc) is 2.63. The van der Waals surface area contributed by atoms with Crippen LogP contribution in [0.3, 0.4) is 0 Å². The standard InChI is InChI=1S/C14H18O3.C6H11N/c15-13(16)14(17,11-7-3-1-4-8-11)12-9-5-2-6-10-12;1-3-5-6-7-4-2/h1,3-4,7-8,12,17H,2,5-6,9-10H2,(H,15,16);7H,4,6H2,1-2H3. The zero-order valence-electron chi connectivity index (χ0n) is 14.7. The second-order valence-electron chi connectivity index (χ2n) is 5.98. The molecule has 3 N–H and O–H groups in total. The molecule has 0 aromatic heterocycles. The molecular weight excluding hydrogens is 302 g/mol. The minimum absolute atomic E-state index is 0.170. The molecule has 4 heteroatoms. The van der Waals surface area contributed by atoms with Crippen LogP contribution in [-0.2, 0) is 10.4 Å². The van der Waals surface area contributed by atoms with Gasteiger partial charge >= 0.3 is 5.97 Å². The molecule has 1 aromatic carbocycles. The molecule has 0 aliphatic heterocycles. The molecule has 24 heavy (non-hydrogen) atoms. The van der Waals surface area contributed by atoms with Gasteiger partial charge in [0.2, 0.25) is 0 Å². The molecule has 132 valence electrons. The lowest BCUT2D eigenvalue weighted by Gasteiger charge is -2.35. The highest BCUT2D eigenvalue weighted by Gasteiger charge is 2.45. The lowest BCUT2D eigenvalue weighted by molar-refractivity contribution is -0.168. The minimum atomic E-state index is -1.72. The van der Waals surface area contributed by atoms with E-state index in [9.17, 15) is 15.0 Å². The van der Waals surface area contributed by atoms with Gasteiger partial charge in [-0.25, -0.2) is 4.79 Å². The fourth-order valence-corrected chi connectivity index (χ4v) is 3.02. The Kier molecular flexibility index (Phi) is 9.14. The monoisotopic (exact) mass is 331 g/mol. The molecule has 0 amide bonds. The molecule has 0 radical (unpaired) electrons. The van der Waals surface area contributed by atoms with Crippen LogP contribution in [0.5, 0.6) is 0 Å². The first-order chi connectivity index (χ1) is 11.6. The normalized spacial score (nSPS) is 16.8. The van der Waals surface area contributed by atoms with Crippen molar-refractivity contribution in [2.45, 2.75) is 51.6 Å². The Hall–Kier alpha value is -1.83. The van der Waals surface area contributed by atoms with E-state index < -0.39 is 11.6 Å². The summed E-state index contributed by atoms with van der Waals surface area (Å²) < 4.78 is 0. The highest BCUT2D eigenvalue weighted by Crippen LogP contribution is 2.39. The highest BCUT2D eigenvalue weighted by atomic mass is 16.4. The van der Waals surface area contributed by atoms with Gasteiger partial charge in [0.25, 0.3) is 0 Å². The molecule has 0 bridgehead atoms. The van der Waals surface area contributed by atoms with Crippen molar-refractivity contribution >= 4 is 5.97 Å². The third kappa shape index (κ3) is 5.67. The lowest BCUT2D eigenvalue weighted by Crippen LogP contribution is -2.43. The number of nitrogens with one attached hydrogen (secondary N) is 1. The number of hydrogen-bond donors (Lipinski definition) is 3. The number of aliphatic carboxylic acids is 1. The van der Waals surface area contributed by atoms with Gasteiger partial charge in [0, 0.05) is 5.92 Å². The first-order valence-corrected chi connectivity index (χ1v) is 8.68. The summed E-state index contributed by atoms with van der Waals surface area (Å²) in [4.78, 5) is 11.5. The molecule has 1 unspecified atom stereocenters. The van der Waals surface area contributed by atoms with Crippen LogP contribution in [0.15, 0.2) is 30.3 Å². The van der Waals surface area contributed by atoms with E-state index in [1.165, 1.54) is 0 Å². The van der Waals surface area contributed by atoms with Gasteiger partial charge in [-0.1, -0.05) is 62.4 Å². The fraction of sp³-hybridized carbons (Fsp3) is 0.550. The Morgan fingerprint density at radius 2 is 1.88 bits per heavy atom. The molecule has 1 aliphatic carbocycles. The van der Waals surface area contributed by atoms with Crippen LogP contribution in [0.25, 0.3) is 0 Å². The van der Waals surface area contributed by atoms with Crippen molar-refractivity contribution in [1.29, 1.82) is 0 Å². The van der Waals surface area contributed by atoms with Crippen LogP contribution in [0.4, 0.5) is 0 Å². The number of rotatable bonds is 5. The summed E-state index contributed by atoms with van der Waals surface area (Å²) in [7, 11) is 0. The van der Waals surface area contributed by atoms with E-state index in [0.29, 0.717) is 5.56 Å². The zero-order valence-corrected chi connectivity index (χ0v) is 14.7.